The van der Waals surface area contributed by atoms with Gasteiger partial charge in [-0.15, -0.1) is 0 Å². The van der Waals surface area contributed by atoms with E-state index in [0.29, 0.717) is 48.8 Å². The third-order valence-corrected chi connectivity index (χ3v) is 6.94. The highest BCUT2D eigenvalue weighted by atomic mass is 35.5. The van der Waals surface area contributed by atoms with E-state index in [0.717, 1.165) is 40.7 Å². The molecule has 8 nitrogen and oxygen atoms in total. The fourth-order valence-corrected chi connectivity index (χ4v) is 4.95. The number of hydrogen-bond donors (Lipinski definition) is 2. The van der Waals surface area contributed by atoms with Crippen LogP contribution in [0.4, 0.5) is 0 Å². The molecule has 4 aromatic rings. The Labute approximate surface area is 219 Å². The van der Waals surface area contributed by atoms with Gasteiger partial charge in [0.25, 0.3) is 0 Å². The lowest BCUT2D eigenvalue weighted by molar-refractivity contribution is -0.121. The Kier molecular flexibility index (Phi) is 7.41. The maximum atomic E-state index is 13.6. The van der Waals surface area contributed by atoms with Crippen LogP contribution in [-0.4, -0.2) is 47.4 Å². The molecule has 5 rings (SSSR count). The van der Waals surface area contributed by atoms with E-state index in [9.17, 15) is 14.4 Å². The van der Waals surface area contributed by atoms with E-state index in [4.69, 9.17) is 16.3 Å². The van der Waals surface area contributed by atoms with E-state index in [1.54, 1.807) is 18.3 Å². The van der Waals surface area contributed by atoms with E-state index in [2.05, 4.69) is 21.6 Å². The molecule has 3 heterocycles. The molecule has 0 saturated carbocycles. The van der Waals surface area contributed by atoms with Crippen LogP contribution in [0.2, 0.25) is 5.02 Å². The van der Waals surface area contributed by atoms with Crippen LogP contribution < -0.4 is 16.1 Å². The summed E-state index contributed by atoms with van der Waals surface area (Å²) in [5.74, 6) is -0.352. The predicted molar refractivity (Wildman–Crippen MR) is 143 cm³/mol. The monoisotopic (exact) mass is 520 g/mol. The van der Waals surface area contributed by atoms with E-state index < -0.39 is 0 Å². The number of aromatic nitrogens is 1. The van der Waals surface area contributed by atoms with Gasteiger partial charge < -0.3 is 19.8 Å². The van der Waals surface area contributed by atoms with Gasteiger partial charge in [-0.25, -0.2) is 0 Å². The van der Waals surface area contributed by atoms with Gasteiger partial charge in [-0.2, -0.15) is 0 Å². The molecule has 1 aliphatic heterocycles. The minimum absolute atomic E-state index is 0.0275. The highest BCUT2D eigenvalue weighted by molar-refractivity contribution is 6.30. The molecule has 37 heavy (non-hydrogen) atoms. The molecule has 1 aliphatic rings. The second-order valence-electron chi connectivity index (χ2n) is 9.46. The predicted octanol–water partition coefficient (Wildman–Crippen LogP) is 2.87. The largest absolute Gasteiger partial charge is 0.379 e. The molecular formula is C28H29ClN4O4. The lowest BCUT2D eigenvalue weighted by atomic mass is 10.0. The van der Waals surface area contributed by atoms with Crippen LogP contribution in [0.1, 0.15) is 29.2 Å². The summed E-state index contributed by atoms with van der Waals surface area (Å²) >= 11 is 5.93. The minimum Gasteiger partial charge on any atom is -0.379 e. The Balaban J connectivity index is 1.46. The van der Waals surface area contributed by atoms with Crippen molar-refractivity contribution in [3.8, 4) is 0 Å². The van der Waals surface area contributed by atoms with Crippen LogP contribution in [0.3, 0.4) is 0 Å². The third kappa shape index (κ3) is 5.77. The van der Waals surface area contributed by atoms with Crippen molar-refractivity contribution >= 4 is 39.7 Å². The average Bonchev–Trinajstić information content (AvgIpc) is 3.23. The van der Waals surface area contributed by atoms with Gasteiger partial charge in [0.2, 0.25) is 11.8 Å². The quantitative estimate of drug-likeness (QED) is 0.373. The Morgan fingerprint density at radius 2 is 1.65 bits per heavy atom. The van der Waals surface area contributed by atoms with Crippen molar-refractivity contribution in [2.45, 2.75) is 33.0 Å². The summed E-state index contributed by atoms with van der Waals surface area (Å²) in [5.41, 5.74) is 3.96. The van der Waals surface area contributed by atoms with E-state index >= 15 is 0 Å². The van der Waals surface area contributed by atoms with Crippen molar-refractivity contribution < 1.29 is 14.3 Å². The summed E-state index contributed by atoms with van der Waals surface area (Å²) in [4.78, 5) is 40.2. The molecule has 0 atom stereocenters. The van der Waals surface area contributed by atoms with Crippen molar-refractivity contribution in [2.75, 3.05) is 26.3 Å². The number of ether oxygens (including phenoxy) is 1. The number of halogens is 1. The smallest absolute Gasteiger partial charge is 0.224 e. The van der Waals surface area contributed by atoms with Crippen LogP contribution in [0.15, 0.2) is 53.6 Å². The normalized spacial score (nSPS) is 14.3. The van der Waals surface area contributed by atoms with Crippen LogP contribution in [0, 0.1) is 0 Å². The molecule has 1 saturated heterocycles. The van der Waals surface area contributed by atoms with E-state index in [1.165, 1.54) is 6.92 Å². The Morgan fingerprint density at radius 3 is 2.38 bits per heavy atom. The zero-order chi connectivity index (χ0) is 25.9. The fourth-order valence-electron chi connectivity index (χ4n) is 4.83. The second kappa shape index (κ2) is 10.9. The Bertz CT molecular complexity index is 1490. The summed E-state index contributed by atoms with van der Waals surface area (Å²) < 4.78 is 7.38. The molecule has 0 bridgehead atoms. The van der Waals surface area contributed by atoms with Gasteiger partial charge in [-0.1, -0.05) is 23.7 Å². The molecular weight excluding hydrogens is 492 g/mol. The van der Waals surface area contributed by atoms with Crippen LogP contribution in [0.25, 0.3) is 16.3 Å². The van der Waals surface area contributed by atoms with Crippen molar-refractivity contribution in [1.29, 1.82) is 0 Å². The van der Waals surface area contributed by atoms with Gasteiger partial charge in [-0.05, 0) is 41.0 Å². The molecule has 0 spiro atoms. The Hall–Kier alpha value is -3.46. The van der Waals surface area contributed by atoms with Gasteiger partial charge in [0.15, 0.2) is 5.43 Å². The third-order valence-electron chi connectivity index (χ3n) is 6.69. The second-order valence-corrected chi connectivity index (χ2v) is 9.90. The van der Waals surface area contributed by atoms with E-state index in [-0.39, 0.29) is 23.7 Å². The number of hydrogen-bond acceptors (Lipinski definition) is 5. The first-order valence-corrected chi connectivity index (χ1v) is 12.7. The summed E-state index contributed by atoms with van der Waals surface area (Å²) in [6.45, 7) is 5.94. The zero-order valence-corrected chi connectivity index (χ0v) is 21.4. The number of pyridine rings is 1. The van der Waals surface area contributed by atoms with Crippen molar-refractivity contribution in [1.82, 2.24) is 19.9 Å². The van der Waals surface area contributed by atoms with E-state index in [1.807, 2.05) is 28.8 Å². The first kappa shape index (κ1) is 25.2. The summed E-state index contributed by atoms with van der Waals surface area (Å²) in [6.07, 6.45) is 3.64. The number of amides is 2. The van der Waals surface area contributed by atoms with Crippen molar-refractivity contribution in [3.63, 3.8) is 0 Å². The maximum Gasteiger partial charge on any atom is 0.224 e. The van der Waals surface area contributed by atoms with Crippen LogP contribution in [0.5, 0.6) is 0 Å². The standard InChI is InChI=1S/C28H29ClN4O4/c1-18(34)30-14-22-17-33-16-21(12-26(35)31-13-19-2-4-23(29)5-3-19)28(36)25-11-20(10-24(22)27(25)33)15-32-6-8-37-9-7-32/h2-5,10-11,16-17H,6-9,12-15H2,1H3,(H,30,34)(H,31,35). The fraction of sp³-hybridized carbons (Fsp3) is 0.321. The minimum atomic E-state index is -0.232. The SMILES string of the molecule is CC(=O)NCc1cn2cc(CC(=O)NCc3ccc(Cl)cc3)c(=O)c3cc(CN4CCOCC4)cc1c32. The van der Waals surface area contributed by atoms with Crippen LogP contribution in [-0.2, 0) is 40.4 Å². The highest BCUT2D eigenvalue weighted by Gasteiger charge is 2.19. The number of benzene rings is 2. The highest BCUT2D eigenvalue weighted by Crippen LogP contribution is 2.28. The summed E-state index contributed by atoms with van der Waals surface area (Å²) in [5, 5.41) is 7.91. The molecule has 0 radical (unpaired) electrons. The molecule has 2 aromatic carbocycles. The maximum absolute atomic E-state index is 13.6. The Morgan fingerprint density at radius 1 is 0.946 bits per heavy atom. The summed E-state index contributed by atoms with van der Waals surface area (Å²) in [6, 6.07) is 11.3. The molecule has 192 valence electrons. The molecule has 0 aliphatic carbocycles. The number of carbonyl (C=O) groups is 2. The average molecular weight is 521 g/mol. The van der Waals surface area contributed by atoms with Crippen molar-refractivity contribution in [3.05, 3.63) is 86.3 Å². The molecule has 2 amide bonds. The summed E-state index contributed by atoms with van der Waals surface area (Å²) in [7, 11) is 0. The van der Waals surface area contributed by atoms with Gasteiger partial charge in [0, 0.05) is 73.4 Å². The lowest BCUT2D eigenvalue weighted by Crippen LogP contribution is -2.35. The molecule has 2 N–H and O–H groups in total. The number of carbonyl (C=O) groups excluding carboxylic acids is 2. The zero-order valence-electron chi connectivity index (χ0n) is 20.7. The van der Waals surface area contributed by atoms with Gasteiger partial charge in [0.1, 0.15) is 0 Å². The molecule has 9 heteroatoms. The number of rotatable bonds is 8. The molecule has 1 fully saturated rings. The van der Waals surface area contributed by atoms with Gasteiger partial charge in [0.05, 0.1) is 25.2 Å². The van der Waals surface area contributed by atoms with Gasteiger partial charge >= 0.3 is 0 Å². The molecule has 0 unspecified atom stereocenters. The van der Waals surface area contributed by atoms with Crippen molar-refractivity contribution in [2.24, 2.45) is 0 Å². The van der Waals surface area contributed by atoms with Gasteiger partial charge in [-0.3, -0.25) is 19.3 Å². The first-order chi connectivity index (χ1) is 17.9. The first-order valence-electron chi connectivity index (χ1n) is 12.3. The number of nitrogens with one attached hydrogen (secondary N) is 2. The van der Waals surface area contributed by atoms with Crippen LogP contribution >= 0.6 is 11.6 Å². The topological polar surface area (TPSA) is 92.2 Å². The lowest BCUT2D eigenvalue weighted by Gasteiger charge is -2.26. The number of morpholine rings is 1. The number of nitrogens with zero attached hydrogens (tertiary/aromatic N) is 2. The molecule has 2 aromatic heterocycles.